The monoisotopic (exact) mass is 376 g/mol. The first kappa shape index (κ1) is 14.9. The zero-order valence-electron chi connectivity index (χ0n) is 10.2. The van der Waals surface area contributed by atoms with Crippen LogP contribution in [0, 0.1) is 17.0 Å². The number of nitro benzene ring substituents is 1. The zero-order valence-corrected chi connectivity index (χ0v) is 13.4. The molecule has 106 valence electrons. The van der Waals surface area contributed by atoms with Crippen LogP contribution >= 0.6 is 27.3 Å². The normalized spacial score (nSPS) is 11.3. The zero-order chi connectivity index (χ0) is 14.9. The average Bonchev–Trinajstić information content (AvgIpc) is 2.79. The maximum atomic E-state index is 12.1. The van der Waals surface area contributed by atoms with E-state index in [4.69, 9.17) is 0 Å². The predicted octanol–water partition coefficient (Wildman–Crippen LogP) is 3.53. The molecule has 0 amide bonds. The number of non-ortho nitro benzene ring substituents is 1. The number of nitrogens with one attached hydrogen (secondary N) is 1. The molecule has 0 fully saturated rings. The number of thiophene rings is 1. The summed E-state index contributed by atoms with van der Waals surface area (Å²) in [6, 6.07) is 7.09. The van der Waals surface area contributed by atoms with E-state index in [0.717, 1.165) is 11.3 Å². The Hall–Kier alpha value is -1.45. The van der Waals surface area contributed by atoms with Crippen LogP contribution in [0.4, 0.5) is 11.4 Å². The van der Waals surface area contributed by atoms with Gasteiger partial charge < -0.3 is 0 Å². The lowest BCUT2D eigenvalue weighted by atomic mass is 10.2. The summed E-state index contributed by atoms with van der Waals surface area (Å²) in [5.74, 6) is 0. The molecule has 0 radical (unpaired) electrons. The summed E-state index contributed by atoms with van der Waals surface area (Å²) >= 11 is 4.29. The smallest absolute Gasteiger partial charge is 0.271 e. The Kier molecular flexibility index (Phi) is 4.11. The summed E-state index contributed by atoms with van der Waals surface area (Å²) in [7, 11) is -3.68. The molecule has 0 saturated heterocycles. The van der Waals surface area contributed by atoms with Gasteiger partial charge in [0.1, 0.15) is 4.21 Å². The highest BCUT2D eigenvalue weighted by atomic mass is 79.9. The van der Waals surface area contributed by atoms with E-state index in [9.17, 15) is 18.5 Å². The summed E-state index contributed by atoms with van der Waals surface area (Å²) in [6.07, 6.45) is 0. The topological polar surface area (TPSA) is 89.3 Å². The number of benzene rings is 1. The minimum atomic E-state index is -3.68. The van der Waals surface area contributed by atoms with Crippen molar-refractivity contribution in [2.45, 2.75) is 11.1 Å². The van der Waals surface area contributed by atoms with E-state index in [1.54, 1.807) is 13.0 Å². The van der Waals surface area contributed by atoms with Crippen LogP contribution in [-0.4, -0.2) is 13.3 Å². The molecule has 20 heavy (non-hydrogen) atoms. The van der Waals surface area contributed by atoms with Crippen LogP contribution in [0.25, 0.3) is 0 Å². The van der Waals surface area contributed by atoms with Gasteiger partial charge in [0.2, 0.25) is 0 Å². The summed E-state index contributed by atoms with van der Waals surface area (Å²) in [5.41, 5.74) is 0.725. The largest absolute Gasteiger partial charge is 0.279 e. The Balaban J connectivity index is 2.32. The highest BCUT2D eigenvalue weighted by Gasteiger charge is 2.18. The van der Waals surface area contributed by atoms with Gasteiger partial charge in [0.15, 0.2) is 0 Å². The van der Waals surface area contributed by atoms with Gasteiger partial charge in [-0.25, -0.2) is 8.42 Å². The molecular weight excluding hydrogens is 368 g/mol. The van der Waals surface area contributed by atoms with Crippen molar-refractivity contribution < 1.29 is 13.3 Å². The van der Waals surface area contributed by atoms with E-state index in [1.807, 2.05) is 0 Å². The van der Waals surface area contributed by atoms with Crippen molar-refractivity contribution in [2.75, 3.05) is 4.72 Å². The molecule has 6 nitrogen and oxygen atoms in total. The van der Waals surface area contributed by atoms with E-state index in [-0.39, 0.29) is 9.90 Å². The number of rotatable bonds is 4. The molecule has 2 aromatic rings. The molecule has 1 heterocycles. The maximum Gasteiger partial charge on any atom is 0.271 e. The molecule has 1 aromatic heterocycles. The molecule has 0 aliphatic heterocycles. The molecule has 0 atom stereocenters. The number of aryl methyl sites for hydroxylation is 1. The molecule has 9 heteroatoms. The first-order valence-corrected chi connectivity index (χ1v) is 8.42. The molecule has 2 rings (SSSR count). The highest BCUT2D eigenvalue weighted by molar-refractivity contribution is 9.11. The average molecular weight is 377 g/mol. The van der Waals surface area contributed by atoms with E-state index < -0.39 is 14.9 Å². The van der Waals surface area contributed by atoms with Crippen molar-refractivity contribution in [3.05, 3.63) is 49.8 Å². The lowest BCUT2D eigenvalue weighted by molar-refractivity contribution is -0.384. The summed E-state index contributed by atoms with van der Waals surface area (Å²) < 4.78 is 27.6. The van der Waals surface area contributed by atoms with Gasteiger partial charge in [-0.05, 0) is 46.6 Å². The standard InChI is InChI=1S/C11H9BrN2O4S2/c1-7-6-8(14(15)16)2-3-9(7)13-20(17,18)11-5-4-10(12)19-11/h2-6,13H,1H3. The molecular formula is C11H9BrN2O4S2. The summed E-state index contributed by atoms with van der Waals surface area (Å²) in [6.45, 7) is 1.61. The molecule has 0 bridgehead atoms. The van der Waals surface area contributed by atoms with E-state index in [0.29, 0.717) is 15.0 Å². The molecule has 1 aromatic carbocycles. The fourth-order valence-corrected chi connectivity index (χ4v) is 4.65. The Morgan fingerprint density at radius 2 is 2.00 bits per heavy atom. The van der Waals surface area contributed by atoms with Gasteiger partial charge in [0.25, 0.3) is 15.7 Å². The molecule has 0 unspecified atom stereocenters. The highest BCUT2D eigenvalue weighted by Crippen LogP contribution is 2.29. The Morgan fingerprint density at radius 1 is 1.30 bits per heavy atom. The number of anilines is 1. The van der Waals surface area contributed by atoms with Crippen molar-refractivity contribution in [3.8, 4) is 0 Å². The van der Waals surface area contributed by atoms with E-state index >= 15 is 0 Å². The fraction of sp³-hybridized carbons (Fsp3) is 0.0909. The third-order valence-electron chi connectivity index (χ3n) is 2.48. The first-order valence-electron chi connectivity index (χ1n) is 5.33. The molecule has 0 saturated carbocycles. The number of nitro groups is 1. The number of sulfonamides is 1. The lowest BCUT2D eigenvalue weighted by Gasteiger charge is -2.08. The van der Waals surface area contributed by atoms with Crippen molar-refractivity contribution in [1.29, 1.82) is 0 Å². The van der Waals surface area contributed by atoms with Crippen molar-refractivity contribution in [2.24, 2.45) is 0 Å². The summed E-state index contributed by atoms with van der Waals surface area (Å²) in [5, 5.41) is 10.6. The van der Waals surface area contributed by atoms with Gasteiger partial charge in [0, 0.05) is 12.1 Å². The van der Waals surface area contributed by atoms with Crippen molar-refractivity contribution in [1.82, 2.24) is 0 Å². The molecule has 0 spiro atoms. The van der Waals surface area contributed by atoms with Crippen LogP contribution in [0.15, 0.2) is 38.3 Å². The Morgan fingerprint density at radius 3 is 2.50 bits per heavy atom. The number of hydrogen-bond acceptors (Lipinski definition) is 5. The van der Waals surface area contributed by atoms with Gasteiger partial charge in [-0.1, -0.05) is 0 Å². The molecule has 0 aliphatic rings. The van der Waals surface area contributed by atoms with Gasteiger partial charge >= 0.3 is 0 Å². The SMILES string of the molecule is Cc1cc([N+](=O)[O-])ccc1NS(=O)(=O)c1ccc(Br)s1. The second-order valence-electron chi connectivity index (χ2n) is 3.92. The molecule has 1 N–H and O–H groups in total. The quantitative estimate of drug-likeness (QED) is 0.652. The van der Waals surface area contributed by atoms with Crippen LogP contribution < -0.4 is 4.72 Å². The van der Waals surface area contributed by atoms with Crippen molar-refractivity contribution >= 4 is 48.7 Å². The van der Waals surface area contributed by atoms with Crippen LogP contribution in [0.2, 0.25) is 0 Å². The summed E-state index contributed by atoms with van der Waals surface area (Å²) in [4.78, 5) is 10.1. The number of nitrogens with zero attached hydrogens (tertiary/aromatic N) is 1. The Labute approximate surface area is 127 Å². The molecule has 0 aliphatic carbocycles. The van der Waals surface area contributed by atoms with E-state index in [1.165, 1.54) is 24.3 Å². The van der Waals surface area contributed by atoms with Crippen LogP contribution in [0.1, 0.15) is 5.56 Å². The van der Waals surface area contributed by atoms with Gasteiger partial charge in [-0.2, -0.15) is 0 Å². The van der Waals surface area contributed by atoms with Crippen LogP contribution in [0.5, 0.6) is 0 Å². The predicted molar refractivity (Wildman–Crippen MR) is 80.7 cm³/mol. The number of halogens is 1. The minimum absolute atomic E-state index is 0.0793. The second kappa shape index (κ2) is 5.51. The fourth-order valence-electron chi connectivity index (χ4n) is 1.51. The first-order chi connectivity index (χ1) is 9.29. The van der Waals surface area contributed by atoms with Crippen LogP contribution in [0.3, 0.4) is 0 Å². The van der Waals surface area contributed by atoms with Gasteiger partial charge in [0.05, 0.1) is 14.4 Å². The van der Waals surface area contributed by atoms with Crippen LogP contribution in [-0.2, 0) is 10.0 Å². The lowest BCUT2D eigenvalue weighted by Crippen LogP contribution is -2.12. The van der Waals surface area contributed by atoms with Crippen molar-refractivity contribution in [3.63, 3.8) is 0 Å². The van der Waals surface area contributed by atoms with E-state index in [2.05, 4.69) is 20.7 Å². The number of hydrogen-bond donors (Lipinski definition) is 1. The third kappa shape index (κ3) is 3.17. The third-order valence-corrected chi connectivity index (χ3v) is 5.96. The Bertz CT molecular complexity index is 770. The maximum absolute atomic E-state index is 12.1. The second-order valence-corrected chi connectivity index (χ2v) is 8.29. The minimum Gasteiger partial charge on any atom is -0.279 e. The van der Waals surface area contributed by atoms with Gasteiger partial charge in [-0.15, -0.1) is 11.3 Å². The van der Waals surface area contributed by atoms with Gasteiger partial charge in [-0.3, -0.25) is 14.8 Å².